The molecule has 2 aromatic carbocycles. The molecule has 9 heteroatoms. The van der Waals surface area contributed by atoms with Gasteiger partial charge in [0.25, 0.3) is 5.69 Å². The van der Waals surface area contributed by atoms with Gasteiger partial charge in [0.2, 0.25) is 0 Å². The highest BCUT2D eigenvalue weighted by Gasteiger charge is 2.24. The zero-order chi connectivity index (χ0) is 19.5. The molecule has 0 heterocycles. The summed E-state index contributed by atoms with van der Waals surface area (Å²) in [5.41, 5.74) is 0.701. The number of rotatable bonds is 7. The molecule has 26 heavy (non-hydrogen) atoms. The van der Waals surface area contributed by atoms with E-state index in [1.54, 1.807) is 0 Å². The van der Waals surface area contributed by atoms with Crippen LogP contribution in [0.4, 0.5) is 11.4 Å². The maximum Gasteiger partial charge on any atom is 0.293 e. The quantitative estimate of drug-likeness (QED) is 0.501. The van der Waals surface area contributed by atoms with Crippen LogP contribution in [-0.4, -0.2) is 31.3 Å². The molecule has 2 rings (SSSR count). The van der Waals surface area contributed by atoms with Gasteiger partial charge in [0, 0.05) is 29.3 Å². The van der Waals surface area contributed by atoms with Gasteiger partial charge in [0.1, 0.15) is 5.69 Å². The maximum atomic E-state index is 11.7. The third-order valence-corrected chi connectivity index (χ3v) is 5.63. The van der Waals surface area contributed by atoms with Gasteiger partial charge in [-0.3, -0.25) is 10.1 Å². The lowest BCUT2D eigenvalue weighted by molar-refractivity contribution is -0.384. The number of aliphatic hydroxyl groups excluding tert-OH is 1. The molecule has 0 unspecified atom stereocenters. The Hall–Kier alpha value is -1.97. The molecule has 0 saturated heterocycles. The largest absolute Gasteiger partial charge is 0.396 e. The third kappa shape index (κ3) is 4.80. The number of anilines is 1. The van der Waals surface area contributed by atoms with E-state index in [1.807, 2.05) is 31.2 Å². The number of nitro groups is 1. The zero-order valence-electron chi connectivity index (χ0n) is 14.2. The molecule has 0 bridgehead atoms. The molecule has 0 aliphatic carbocycles. The Kier molecular flexibility index (Phi) is 6.38. The summed E-state index contributed by atoms with van der Waals surface area (Å²) in [4.78, 5) is 10.7. The average Bonchev–Trinajstić information content (AvgIpc) is 2.59. The minimum atomic E-state index is -3.56. The smallest absolute Gasteiger partial charge is 0.293 e. The van der Waals surface area contributed by atoms with Crippen LogP contribution < -0.4 is 5.32 Å². The van der Waals surface area contributed by atoms with Crippen LogP contribution in [0.3, 0.4) is 0 Å². The van der Waals surface area contributed by atoms with E-state index in [0.29, 0.717) is 0 Å². The summed E-state index contributed by atoms with van der Waals surface area (Å²) in [7, 11) is -3.56. The lowest BCUT2D eigenvalue weighted by atomic mass is 9.94. The van der Waals surface area contributed by atoms with Gasteiger partial charge in [0.15, 0.2) is 9.84 Å². The minimum Gasteiger partial charge on any atom is -0.396 e. The van der Waals surface area contributed by atoms with Crippen LogP contribution in [0, 0.1) is 16.0 Å². The van der Waals surface area contributed by atoms with Crippen molar-refractivity contribution >= 4 is 37.1 Å². The molecule has 140 valence electrons. The Morgan fingerprint density at radius 2 is 1.85 bits per heavy atom. The molecule has 2 N–H and O–H groups in total. The first-order chi connectivity index (χ1) is 12.1. The van der Waals surface area contributed by atoms with Gasteiger partial charge in [-0.15, -0.1) is 0 Å². The summed E-state index contributed by atoms with van der Waals surface area (Å²) >= 11 is 3.36. The van der Waals surface area contributed by atoms with Crippen molar-refractivity contribution in [3.05, 3.63) is 62.6 Å². The first-order valence-corrected chi connectivity index (χ1v) is 10.4. The summed E-state index contributed by atoms with van der Waals surface area (Å²) in [6.07, 6.45) is 0.998. The topological polar surface area (TPSA) is 110 Å². The minimum absolute atomic E-state index is 0.120. The molecule has 2 atom stereocenters. The molecule has 0 spiro atoms. The van der Waals surface area contributed by atoms with E-state index < -0.39 is 20.8 Å². The highest BCUT2D eigenvalue weighted by atomic mass is 79.9. The molecule has 0 aliphatic rings. The van der Waals surface area contributed by atoms with E-state index in [-0.39, 0.29) is 28.8 Å². The number of hydrogen-bond donors (Lipinski definition) is 2. The normalized spacial score (nSPS) is 13.8. The molecule has 0 saturated carbocycles. The van der Waals surface area contributed by atoms with E-state index in [4.69, 9.17) is 0 Å². The lowest BCUT2D eigenvalue weighted by Crippen LogP contribution is -2.22. The van der Waals surface area contributed by atoms with Gasteiger partial charge in [-0.25, -0.2) is 8.42 Å². The maximum absolute atomic E-state index is 11.7. The second kappa shape index (κ2) is 8.15. The van der Waals surface area contributed by atoms with E-state index in [9.17, 15) is 23.6 Å². The number of aliphatic hydroxyl groups is 1. The number of nitro benzene ring substituents is 1. The highest BCUT2D eigenvalue weighted by Crippen LogP contribution is 2.33. The van der Waals surface area contributed by atoms with Crippen molar-refractivity contribution < 1.29 is 18.4 Å². The van der Waals surface area contributed by atoms with Crippen LogP contribution in [0.2, 0.25) is 0 Å². The molecule has 0 aliphatic heterocycles. The lowest BCUT2D eigenvalue weighted by Gasteiger charge is -2.25. The second-order valence-corrected chi connectivity index (χ2v) is 8.97. The summed E-state index contributed by atoms with van der Waals surface area (Å²) in [6.45, 7) is 1.69. The Morgan fingerprint density at radius 1 is 1.23 bits per heavy atom. The number of halogens is 1. The van der Waals surface area contributed by atoms with Crippen LogP contribution >= 0.6 is 15.9 Å². The van der Waals surface area contributed by atoms with Crippen LogP contribution in [0.25, 0.3) is 0 Å². The monoisotopic (exact) mass is 442 g/mol. The second-order valence-electron chi connectivity index (χ2n) is 6.04. The van der Waals surface area contributed by atoms with Gasteiger partial charge in [-0.2, -0.15) is 0 Å². The van der Waals surface area contributed by atoms with Crippen molar-refractivity contribution in [1.82, 2.24) is 0 Å². The molecule has 7 nitrogen and oxygen atoms in total. The number of sulfone groups is 1. The molecule has 0 amide bonds. The number of nitrogens with one attached hydrogen (secondary N) is 1. The van der Waals surface area contributed by atoms with Crippen LogP contribution in [0.1, 0.15) is 18.5 Å². The van der Waals surface area contributed by atoms with Crippen molar-refractivity contribution in [1.29, 1.82) is 0 Å². The van der Waals surface area contributed by atoms with E-state index in [0.717, 1.165) is 22.4 Å². The van der Waals surface area contributed by atoms with Gasteiger partial charge in [-0.05, 0) is 29.8 Å². The van der Waals surface area contributed by atoms with Gasteiger partial charge < -0.3 is 10.4 Å². The predicted molar refractivity (Wildman–Crippen MR) is 103 cm³/mol. The summed E-state index contributed by atoms with van der Waals surface area (Å²) < 4.78 is 24.2. The van der Waals surface area contributed by atoms with E-state index >= 15 is 0 Å². The first-order valence-electron chi connectivity index (χ1n) is 7.75. The summed E-state index contributed by atoms with van der Waals surface area (Å²) in [5.74, 6) is -0.231. The number of benzene rings is 2. The van der Waals surface area contributed by atoms with Gasteiger partial charge >= 0.3 is 0 Å². The summed E-state index contributed by atoms with van der Waals surface area (Å²) in [6, 6.07) is 10.7. The molecule has 0 radical (unpaired) electrons. The van der Waals surface area contributed by atoms with Gasteiger partial charge in [-0.1, -0.05) is 35.0 Å². The first kappa shape index (κ1) is 20.3. The molecule has 2 aromatic rings. The van der Waals surface area contributed by atoms with E-state index in [2.05, 4.69) is 21.2 Å². The zero-order valence-corrected chi connectivity index (χ0v) is 16.6. The van der Waals surface area contributed by atoms with Crippen molar-refractivity contribution in [3.63, 3.8) is 0 Å². The fraction of sp³-hybridized carbons (Fsp3) is 0.294. The van der Waals surface area contributed by atoms with Crippen molar-refractivity contribution in [2.45, 2.75) is 17.9 Å². The third-order valence-electron chi connectivity index (χ3n) is 3.99. The van der Waals surface area contributed by atoms with Gasteiger partial charge in [0.05, 0.1) is 15.9 Å². The Bertz CT molecular complexity index is 900. The number of hydrogen-bond acceptors (Lipinski definition) is 6. The Balaban J connectivity index is 2.47. The van der Waals surface area contributed by atoms with Crippen LogP contribution in [0.15, 0.2) is 51.8 Å². The average molecular weight is 443 g/mol. The van der Waals surface area contributed by atoms with Crippen LogP contribution in [-0.2, 0) is 9.84 Å². The van der Waals surface area contributed by atoms with E-state index in [1.165, 1.54) is 12.1 Å². The molecule has 0 aromatic heterocycles. The van der Waals surface area contributed by atoms with Crippen molar-refractivity contribution in [2.75, 3.05) is 18.2 Å². The molecule has 0 fully saturated rings. The Labute approximate surface area is 160 Å². The molecular formula is C17H19BrN2O5S. The summed E-state index contributed by atoms with van der Waals surface area (Å²) in [5, 5.41) is 24.1. The fourth-order valence-corrected chi connectivity index (χ4v) is 3.42. The predicted octanol–water partition coefficient (Wildman–Crippen LogP) is 3.54. The molecular weight excluding hydrogens is 424 g/mol. The van der Waals surface area contributed by atoms with Crippen molar-refractivity contribution in [3.8, 4) is 0 Å². The SMILES string of the molecule is C[C@@H](CO)[C@H](Nc1ccc(S(C)(=O)=O)cc1[N+](=O)[O-])c1ccc(Br)cc1. The van der Waals surface area contributed by atoms with Crippen LogP contribution in [0.5, 0.6) is 0 Å². The highest BCUT2D eigenvalue weighted by molar-refractivity contribution is 9.10. The fourth-order valence-electron chi connectivity index (χ4n) is 2.51. The number of nitrogens with zero attached hydrogens (tertiary/aromatic N) is 1. The standard InChI is InChI=1S/C17H19BrN2O5S/c1-11(10-21)17(12-3-5-13(18)6-4-12)19-15-8-7-14(26(2,24)25)9-16(15)20(22)23/h3-9,11,17,19,21H,10H2,1-2H3/t11-,17-/m0/s1. The van der Waals surface area contributed by atoms with Crippen molar-refractivity contribution in [2.24, 2.45) is 5.92 Å². The Morgan fingerprint density at radius 3 is 2.35 bits per heavy atom.